The zero-order chi connectivity index (χ0) is 16.4. The lowest BCUT2D eigenvalue weighted by Gasteiger charge is -2.21. The molecule has 1 aliphatic carbocycles. The Morgan fingerprint density at radius 2 is 1.91 bits per heavy atom. The maximum atomic E-state index is 12.1. The normalized spacial score (nSPS) is 34.7. The Morgan fingerprint density at radius 1 is 1.22 bits per heavy atom. The summed E-state index contributed by atoms with van der Waals surface area (Å²) in [6.07, 6.45) is -0.510. The molecule has 0 unspecified atom stereocenters. The number of carbonyl (C=O) groups is 2. The molecule has 23 heavy (non-hydrogen) atoms. The van der Waals surface area contributed by atoms with Gasteiger partial charge in [-0.15, -0.1) is 0 Å². The van der Waals surface area contributed by atoms with E-state index < -0.39 is 5.60 Å². The quantitative estimate of drug-likeness (QED) is 0.622. The average molecular weight is 315 g/mol. The molecule has 1 aromatic carbocycles. The Hall–Kier alpha value is -2.04. The summed E-state index contributed by atoms with van der Waals surface area (Å²) in [4.78, 5) is 25.9. The summed E-state index contributed by atoms with van der Waals surface area (Å²) in [6, 6.07) is 10.1. The lowest BCUT2D eigenvalue weighted by Crippen LogP contribution is -2.31. The van der Waals surface area contributed by atoms with Crippen molar-refractivity contribution in [2.45, 2.75) is 44.4 Å². The van der Waals surface area contributed by atoms with E-state index in [1.165, 1.54) is 5.56 Å². The number of amides is 1. The Labute approximate surface area is 135 Å². The Kier molecular flexibility index (Phi) is 2.99. The van der Waals surface area contributed by atoms with Gasteiger partial charge in [0.1, 0.15) is 11.7 Å². The second-order valence-corrected chi connectivity index (χ2v) is 7.64. The molecule has 0 radical (unpaired) electrons. The molecule has 3 fully saturated rings. The maximum Gasteiger partial charge on any atom is 0.410 e. The molecular formula is C18H21NO4. The summed E-state index contributed by atoms with van der Waals surface area (Å²) in [5.74, 6) is 0.277. The van der Waals surface area contributed by atoms with E-state index in [1.807, 2.05) is 39.0 Å². The number of fused-ring (bicyclic) bond motifs is 1. The first kappa shape index (κ1) is 14.5. The van der Waals surface area contributed by atoms with Crippen LogP contribution in [-0.2, 0) is 14.3 Å². The fourth-order valence-corrected chi connectivity index (χ4v) is 3.74. The standard InChI is InChI=1S/C18H21NO4/c1-18(2,3)23-17(21)19-9-11(19)15-13-12(14(13)16(20)22-15)10-7-5-4-6-8-10/h4-8,11-15H,9H2,1-3H3/t11-,12+,13-,14+,15-,19?/m0/s1. The van der Waals surface area contributed by atoms with Crippen LogP contribution in [0.1, 0.15) is 32.3 Å². The molecule has 1 saturated carbocycles. The van der Waals surface area contributed by atoms with Gasteiger partial charge < -0.3 is 9.47 Å². The Balaban J connectivity index is 1.44. The van der Waals surface area contributed by atoms with Gasteiger partial charge in [0.25, 0.3) is 0 Å². The summed E-state index contributed by atoms with van der Waals surface area (Å²) < 4.78 is 10.9. The van der Waals surface area contributed by atoms with Crippen molar-refractivity contribution in [1.82, 2.24) is 4.90 Å². The van der Waals surface area contributed by atoms with Crippen LogP contribution in [0, 0.1) is 11.8 Å². The number of carbonyl (C=O) groups excluding carboxylic acids is 2. The van der Waals surface area contributed by atoms with Crippen molar-refractivity contribution in [2.75, 3.05) is 6.54 Å². The fraction of sp³-hybridized carbons (Fsp3) is 0.556. The molecule has 3 aliphatic rings. The van der Waals surface area contributed by atoms with E-state index in [1.54, 1.807) is 4.90 Å². The second kappa shape index (κ2) is 4.73. The zero-order valence-electron chi connectivity index (χ0n) is 13.6. The van der Waals surface area contributed by atoms with Crippen molar-refractivity contribution >= 4 is 12.1 Å². The van der Waals surface area contributed by atoms with Crippen molar-refractivity contribution in [3.8, 4) is 0 Å². The minimum absolute atomic E-state index is 0.0301. The van der Waals surface area contributed by atoms with Crippen molar-refractivity contribution < 1.29 is 19.1 Å². The third kappa shape index (κ3) is 2.48. The lowest BCUT2D eigenvalue weighted by molar-refractivity contribution is -0.145. The molecule has 1 aromatic rings. The molecule has 2 saturated heterocycles. The predicted molar refractivity (Wildman–Crippen MR) is 82.8 cm³/mol. The highest BCUT2D eigenvalue weighted by atomic mass is 16.6. The summed E-state index contributed by atoms with van der Waals surface area (Å²) in [5.41, 5.74) is 0.680. The van der Waals surface area contributed by atoms with Gasteiger partial charge in [0.2, 0.25) is 0 Å². The number of hydrogen-bond acceptors (Lipinski definition) is 4. The molecular weight excluding hydrogens is 294 g/mol. The van der Waals surface area contributed by atoms with Crippen molar-refractivity contribution in [3.63, 3.8) is 0 Å². The largest absolute Gasteiger partial charge is 0.460 e. The van der Waals surface area contributed by atoms with Crippen LogP contribution in [0.4, 0.5) is 4.79 Å². The van der Waals surface area contributed by atoms with Gasteiger partial charge in [-0.2, -0.15) is 0 Å². The molecule has 4 rings (SSSR count). The molecule has 0 spiro atoms. The predicted octanol–water partition coefficient (Wildman–Crippen LogP) is 2.56. The van der Waals surface area contributed by atoms with Gasteiger partial charge >= 0.3 is 12.1 Å². The Morgan fingerprint density at radius 3 is 2.57 bits per heavy atom. The first-order chi connectivity index (χ1) is 10.9. The van der Waals surface area contributed by atoms with E-state index in [9.17, 15) is 9.59 Å². The van der Waals surface area contributed by atoms with Crippen molar-refractivity contribution in [1.29, 1.82) is 0 Å². The number of nitrogens with zero attached hydrogens (tertiary/aromatic N) is 1. The van der Waals surface area contributed by atoms with Gasteiger partial charge in [-0.05, 0) is 26.3 Å². The second-order valence-electron chi connectivity index (χ2n) is 7.64. The van der Waals surface area contributed by atoms with Gasteiger partial charge in [0, 0.05) is 18.4 Å². The summed E-state index contributed by atoms with van der Waals surface area (Å²) in [6.45, 7) is 6.15. The van der Waals surface area contributed by atoms with Crippen molar-refractivity contribution in [3.05, 3.63) is 35.9 Å². The van der Waals surface area contributed by atoms with E-state index in [4.69, 9.17) is 9.47 Å². The van der Waals surface area contributed by atoms with Crippen LogP contribution in [0.3, 0.4) is 0 Å². The molecule has 2 aliphatic heterocycles. The van der Waals surface area contributed by atoms with Crippen LogP contribution in [0.25, 0.3) is 0 Å². The van der Waals surface area contributed by atoms with Gasteiger partial charge in [0.15, 0.2) is 0 Å². The number of ether oxygens (including phenoxy) is 2. The summed E-state index contributed by atoms with van der Waals surface area (Å²) in [7, 11) is 0. The van der Waals surface area contributed by atoms with Crippen LogP contribution in [0.5, 0.6) is 0 Å². The third-order valence-corrected chi connectivity index (χ3v) is 4.82. The highest BCUT2D eigenvalue weighted by molar-refractivity contribution is 5.82. The van der Waals surface area contributed by atoms with E-state index in [0.29, 0.717) is 6.54 Å². The Bertz CT molecular complexity index is 651. The monoisotopic (exact) mass is 315 g/mol. The molecule has 5 heteroatoms. The first-order valence-electron chi connectivity index (χ1n) is 8.12. The topological polar surface area (TPSA) is 55.6 Å². The van der Waals surface area contributed by atoms with Gasteiger partial charge in [0.05, 0.1) is 12.0 Å². The minimum atomic E-state index is -0.509. The molecule has 0 N–H and O–H groups in total. The average Bonchev–Trinajstić information content (AvgIpc) is 3.37. The molecule has 122 valence electrons. The van der Waals surface area contributed by atoms with Crippen LogP contribution in [0.15, 0.2) is 30.3 Å². The fourth-order valence-electron chi connectivity index (χ4n) is 3.74. The number of esters is 1. The molecule has 1 amide bonds. The van der Waals surface area contributed by atoms with Gasteiger partial charge in [-0.25, -0.2) is 4.79 Å². The maximum absolute atomic E-state index is 12.1. The molecule has 5 atom stereocenters. The number of rotatable bonds is 2. The van der Waals surface area contributed by atoms with E-state index in [2.05, 4.69) is 12.1 Å². The van der Waals surface area contributed by atoms with Gasteiger partial charge in [-0.1, -0.05) is 30.3 Å². The molecule has 0 aromatic heterocycles. The molecule has 2 heterocycles. The smallest absolute Gasteiger partial charge is 0.410 e. The highest BCUT2D eigenvalue weighted by Gasteiger charge is 2.70. The molecule has 0 bridgehead atoms. The van der Waals surface area contributed by atoms with Crippen LogP contribution < -0.4 is 0 Å². The van der Waals surface area contributed by atoms with Crippen LogP contribution in [0.2, 0.25) is 0 Å². The first-order valence-corrected chi connectivity index (χ1v) is 8.12. The number of benzene rings is 1. The minimum Gasteiger partial charge on any atom is -0.460 e. The number of hydrogen-bond donors (Lipinski definition) is 0. The molecule has 5 nitrogen and oxygen atoms in total. The van der Waals surface area contributed by atoms with E-state index in [-0.39, 0.29) is 42.0 Å². The van der Waals surface area contributed by atoms with Gasteiger partial charge in [-0.3, -0.25) is 9.69 Å². The third-order valence-electron chi connectivity index (χ3n) is 4.82. The number of cyclic esters (lactones) is 1. The van der Waals surface area contributed by atoms with E-state index in [0.717, 1.165) is 0 Å². The lowest BCUT2D eigenvalue weighted by atomic mass is 10.0. The van der Waals surface area contributed by atoms with Crippen LogP contribution >= 0.6 is 0 Å². The van der Waals surface area contributed by atoms with E-state index >= 15 is 0 Å². The highest BCUT2D eigenvalue weighted by Crippen LogP contribution is 2.62. The summed E-state index contributed by atoms with van der Waals surface area (Å²) >= 11 is 0. The SMILES string of the molecule is CC(C)(C)OC(=O)N1C[C@H]1[C@@H]1OC(=O)[C@@H]2[C@H](c3ccccc3)[C@H]12. The summed E-state index contributed by atoms with van der Waals surface area (Å²) in [5, 5.41) is 0. The van der Waals surface area contributed by atoms with Crippen LogP contribution in [-0.4, -0.2) is 41.3 Å². The zero-order valence-corrected chi connectivity index (χ0v) is 13.6. The van der Waals surface area contributed by atoms with Crippen molar-refractivity contribution in [2.24, 2.45) is 11.8 Å².